The summed E-state index contributed by atoms with van der Waals surface area (Å²) in [7, 11) is 0. The summed E-state index contributed by atoms with van der Waals surface area (Å²) in [5.41, 5.74) is 6.40. The number of hydrogen-bond donors (Lipinski definition) is 2. The van der Waals surface area contributed by atoms with Gasteiger partial charge in [-0.1, -0.05) is 42.0 Å². The van der Waals surface area contributed by atoms with Crippen molar-refractivity contribution in [2.24, 2.45) is 5.92 Å². The van der Waals surface area contributed by atoms with Crippen molar-refractivity contribution >= 4 is 5.91 Å². The SMILES string of the molecule is Cc1cccc(C(=O)NCC2CCN(Cc3cccc4c3OC(C)(C)C4)CC2)[nH]c(C)c(C)c1. The minimum absolute atomic E-state index is 0.0432. The van der Waals surface area contributed by atoms with Gasteiger partial charge < -0.3 is 15.0 Å². The van der Waals surface area contributed by atoms with Crippen LogP contribution in [0.3, 0.4) is 0 Å². The number of amides is 1. The number of benzene rings is 1. The van der Waals surface area contributed by atoms with Crippen molar-refractivity contribution in [3.8, 4) is 5.75 Å². The maximum atomic E-state index is 12.9. The molecule has 0 saturated carbocycles. The quantitative estimate of drug-likeness (QED) is 0.625. The average molecular weight is 462 g/mol. The smallest absolute Gasteiger partial charge is 0.267 e. The number of rotatable bonds is 5. The van der Waals surface area contributed by atoms with Gasteiger partial charge in [0.15, 0.2) is 0 Å². The highest BCUT2D eigenvalue weighted by Gasteiger charge is 2.32. The van der Waals surface area contributed by atoms with Crippen LogP contribution in [0.2, 0.25) is 0 Å². The van der Waals surface area contributed by atoms with Crippen molar-refractivity contribution in [2.45, 2.75) is 66.0 Å². The summed E-state index contributed by atoms with van der Waals surface area (Å²) in [6, 6.07) is 14.5. The highest BCUT2D eigenvalue weighted by molar-refractivity contribution is 5.92. The van der Waals surface area contributed by atoms with Gasteiger partial charge in [-0.3, -0.25) is 9.69 Å². The monoisotopic (exact) mass is 461 g/mol. The molecule has 0 atom stereocenters. The van der Waals surface area contributed by atoms with Crippen molar-refractivity contribution in [1.82, 2.24) is 15.2 Å². The average Bonchev–Trinajstić information content (AvgIpc) is 3.14. The zero-order valence-electron chi connectivity index (χ0n) is 21.3. The van der Waals surface area contributed by atoms with Crippen molar-refractivity contribution in [3.05, 3.63) is 76.1 Å². The number of H-pyrrole nitrogens is 1. The number of piperidine rings is 1. The third-order valence-electron chi connectivity index (χ3n) is 7.05. The van der Waals surface area contributed by atoms with Crippen LogP contribution in [0.25, 0.3) is 0 Å². The third kappa shape index (κ3) is 6.01. The first kappa shape index (κ1) is 24.3. The number of aromatic nitrogens is 1. The Hall–Kier alpha value is -2.79. The first-order valence-electron chi connectivity index (χ1n) is 12.5. The van der Waals surface area contributed by atoms with E-state index in [1.807, 2.05) is 25.1 Å². The normalized spacial score (nSPS) is 17.6. The standard InChI is InChI=1S/C29H39N3O2/c1-20-8-6-11-26(31-22(3)21(2)16-20)28(33)30-18-23-12-14-32(15-13-23)19-25-10-7-9-24-17-29(4,5)34-27(24)25/h6-11,16,23,31H,12-15,17-19H2,1-5H3,(H,30,33). The molecule has 0 unspecified atom stereocenters. The molecule has 1 saturated heterocycles. The number of carbonyl (C=O) groups is 1. The molecule has 0 spiro atoms. The van der Waals surface area contributed by atoms with Crippen LogP contribution in [0.5, 0.6) is 5.75 Å². The number of hydrogen-bond acceptors (Lipinski definition) is 3. The molecular formula is C29H39N3O2. The molecule has 2 N–H and O–H groups in total. The van der Waals surface area contributed by atoms with Crippen molar-refractivity contribution in [2.75, 3.05) is 19.6 Å². The Morgan fingerprint density at radius 3 is 2.62 bits per heavy atom. The number of para-hydroxylation sites is 1. The Kier molecular flexibility index (Phi) is 7.32. The molecule has 5 heteroatoms. The molecule has 1 aromatic carbocycles. The second kappa shape index (κ2) is 10.2. The predicted molar refractivity (Wildman–Crippen MR) is 138 cm³/mol. The Labute approximate surface area is 204 Å². The van der Waals surface area contributed by atoms with Gasteiger partial charge in [0.2, 0.25) is 0 Å². The van der Waals surface area contributed by atoms with Gasteiger partial charge in [0.25, 0.3) is 5.91 Å². The minimum atomic E-state index is -0.109. The molecule has 5 nitrogen and oxygen atoms in total. The fraction of sp³-hybridized carbons (Fsp3) is 0.483. The van der Waals surface area contributed by atoms with Crippen molar-refractivity contribution in [3.63, 3.8) is 0 Å². The van der Waals surface area contributed by atoms with Crippen LogP contribution in [0.15, 0.2) is 42.5 Å². The van der Waals surface area contributed by atoms with Crippen LogP contribution in [0.4, 0.5) is 0 Å². The number of carbonyl (C=O) groups excluding carboxylic acids is 1. The molecule has 2 aromatic rings. The van der Waals surface area contributed by atoms with E-state index in [9.17, 15) is 4.79 Å². The van der Waals surface area contributed by atoms with E-state index in [1.54, 1.807) is 0 Å². The lowest BCUT2D eigenvalue weighted by Crippen LogP contribution is -2.38. The number of aryl methyl sites for hydroxylation is 3. The highest BCUT2D eigenvalue weighted by Crippen LogP contribution is 2.38. The van der Waals surface area contributed by atoms with Crippen molar-refractivity contribution in [1.29, 1.82) is 0 Å². The molecule has 182 valence electrons. The molecule has 1 amide bonds. The van der Waals surface area contributed by atoms with Gasteiger partial charge in [0, 0.05) is 30.8 Å². The van der Waals surface area contributed by atoms with E-state index in [4.69, 9.17) is 4.74 Å². The van der Waals surface area contributed by atoms with Gasteiger partial charge in [0.05, 0.1) is 0 Å². The second-order valence-electron chi connectivity index (χ2n) is 10.6. The first-order chi connectivity index (χ1) is 16.2. The van der Waals surface area contributed by atoms with Gasteiger partial charge in [-0.2, -0.15) is 0 Å². The topological polar surface area (TPSA) is 57.4 Å². The fourth-order valence-electron chi connectivity index (χ4n) is 4.99. The number of aromatic amines is 1. The van der Waals surface area contributed by atoms with E-state index in [0.29, 0.717) is 18.2 Å². The van der Waals surface area contributed by atoms with Crippen LogP contribution in [-0.2, 0) is 13.0 Å². The molecule has 0 aliphatic carbocycles. The Bertz CT molecular complexity index is 1090. The van der Waals surface area contributed by atoms with E-state index >= 15 is 0 Å². The summed E-state index contributed by atoms with van der Waals surface area (Å²) in [5.74, 6) is 1.56. The molecule has 3 heterocycles. The molecule has 2 aliphatic rings. The minimum Gasteiger partial charge on any atom is -0.487 e. The van der Waals surface area contributed by atoms with E-state index in [-0.39, 0.29) is 11.5 Å². The molecular weight excluding hydrogens is 422 g/mol. The third-order valence-corrected chi connectivity index (χ3v) is 7.05. The Morgan fingerprint density at radius 1 is 1.12 bits per heavy atom. The summed E-state index contributed by atoms with van der Waals surface area (Å²) in [5, 5.41) is 3.16. The zero-order valence-corrected chi connectivity index (χ0v) is 21.3. The molecule has 0 radical (unpaired) electrons. The summed E-state index contributed by atoms with van der Waals surface area (Å²) in [6.45, 7) is 14.2. The molecule has 0 bridgehead atoms. The molecule has 34 heavy (non-hydrogen) atoms. The van der Waals surface area contributed by atoms with Gasteiger partial charge in [-0.15, -0.1) is 0 Å². The zero-order chi connectivity index (χ0) is 24.3. The maximum Gasteiger partial charge on any atom is 0.267 e. The van der Waals surface area contributed by atoms with E-state index in [0.717, 1.165) is 55.9 Å². The van der Waals surface area contributed by atoms with E-state index in [2.05, 4.69) is 67.2 Å². The second-order valence-corrected chi connectivity index (χ2v) is 10.6. The molecule has 4 rings (SSSR count). The Balaban J connectivity index is 1.31. The Morgan fingerprint density at radius 2 is 1.85 bits per heavy atom. The van der Waals surface area contributed by atoms with Crippen LogP contribution in [0, 0.1) is 26.7 Å². The molecule has 1 aromatic heterocycles. The fourth-order valence-corrected chi connectivity index (χ4v) is 4.99. The number of nitrogens with zero attached hydrogens (tertiary/aromatic N) is 1. The maximum absolute atomic E-state index is 12.9. The number of ether oxygens (including phenoxy) is 1. The van der Waals surface area contributed by atoms with Crippen LogP contribution < -0.4 is 10.1 Å². The molecule has 1 fully saturated rings. The van der Waals surface area contributed by atoms with Gasteiger partial charge >= 0.3 is 0 Å². The van der Waals surface area contributed by atoms with E-state index < -0.39 is 0 Å². The number of fused-ring (bicyclic) bond motifs is 1. The summed E-state index contributed by atoms with van der Waals surface area (Å²) < 4.78 is 6.26. The van der Waals surface area contributed by atoms with Crippen molar-refractivity contribution < 1.29 is 9.53 Å². The number of nitrogens with one attached hydrogen (secondary N) is 2. The predicted octanol–water partition coefficient (Wildman–Crippen LogP) is 5.42. The number of likely N-dealkylation sites (tertiary alicyclic amines) is 1. The summed E-state index contributed by atoms with van der Waals surface area (Å²) in [4.78, 5) is 18.7. The van der Waals surface area contributed by atoms with Crippen LogP contribution in [0.1, 0.15) is 65.1 Å². The van der Waals surface area contributed by atoms with Gasteiger partial charge in [-0.05, 0) is 83.7 Å². The molecule has 2 aliphatic heterocycles. The van der Waals surface area contributed by atoms with Gasteiger partial charge in [-0.25, -0.2) is 0 Å². The largest absolute Gasteiger partial charge is 0.487 e. The lowest BCUT2D eigenvalue weighted by molar-refractivity contribution is 0.0929. The lowest BCUT2D eigenvalue weighted by atomic mass is 9.96. The summed E-state index contributed by atoms with van der Waals surface area (Å²) in [6.07, 6.45) is 3.16. The lowest BCUT2D eigenvalue weighted by Gasteiger charge is -2.32. The van der Waals surface area contributed by atoms with E-state index in [1.165, 1.54) is 16.7 Å². The summed E-state index contributed by atoms with van der Waals surface area (Å²) >= 11 is 0. The van der Waals surface area contributed by atoms with Gasteiger partial charge in [0.1, 0.15) is 17.0 Å². The van der Waals surface area contributed by atoms with Crippen LogP contribution in [-0.4, -0.2) is 41.0 Å². The first-order valence-corrected chi connectivity index (χ1v) is 12.5. The highest BCUT2D eigenvalue weighted by atomic mass is 16.5. The van der Waals surface area contributed by atoms with Crippen LogP contribution >= 0.6 is 0 Å².